The molecular formula is C16H26N3O2+. The van der Waals surface area contributed by atoms with E-state index in [0.29, 0.717) is 12.5 Å². The lowest BCUT2D eigenvalue weighted by molar-refractivity contribution is -0.684. The minimum atomic E-state index is -0.434. The second-order valence-electron chi connectivity index (χ2n) is 5.12. The van der Waals surface area contributed by atoms with Crippen LogP contribution in [0.3, 0.4) is 0 Å². The third kappa shape index (κ3) is 5.94. The van der Waals surface area contributed by atoms with Gasteiger partial charge in [0.15, 0.2) is 12.4 Å². The summed E-state index contributed by atoms with van der Waals surface area (Å²) in [5, 5.41) is 4.92. The highest BCUT2D eigenvalue weighted by molar-refractivity contribution is 5.93. The van der Waals surface area contributed by atoms with E-state index < -0.39 is 6.03 Å². The van der Waals surface area contributed by atoms with Crippen molar-refractivity contribution in [1.82, 2.24) is 10.6 Å². The molecule has 0 atom stereocenters. The van der Waals surface area contributed by atoms with Crippen molar-refractivity contribution >= 4 is 11.9 Å². The van der Waals surface area contributed by atoms with E-state index >= 15 is 0 Å². The third-order valence-electron chi connectivity index (χ3n) is 3.49. The summed E-state index contributed by atoms with van der Waals surface area (Å²) in [4.78, 5) is 23.1. The number of rotatable bonds is 7. The molecule has 116 valence electrons. The zero-order chi connectivity index (χ0) is 15.7. The summed E-state index contributed by atoms with van der Waals surface area (Å²) in [6, 6.07) is 3.65. The molecule has 0 bridgehead atoms. The molecule has 1 aromatic rings. The number of aromatic nitrogens is 1. The van der Waals surface area contributed by atoms with Gasteiger partial charge >= 0.3 is 6.03 Å². The number of nitrogens with zero attached hydrogens (tertiary/aromatic N) is 1. The molecule has 3 amide bonds. The number of carbonyl (C=O) groups excluding carboxylic acids is 2. The lowest BCUT2D eigenvalue weighted by atomic mass is 9.95. The van der Waals surface area contributed by atoms with Crippen LogP contribution in [0.5, 0.6) is 0 Å². The normalized spacial score (nSPS) is 10.5. The molecule has 5 heteroatoms. The molecule has 0 fully saturated rings. The van der Waals surface area contributed by atoms with Gasteiger partial charge in [-0.05, 0) is 30.7 Å². The fraction of sp³-hybridized carbons (Fsp3) is 0.562. The first-order valence-electron chi connectivity index (χ1n) is 7.67. The molecule has 0 spiro atoms. The van der Waals surface area contributed by atoms with Crippen LogP contribution in [-0.4, -0.2) is 18.5 Å². The quantitative estimate of drug-likeness (QED) is 0.756. The maximum atomic E-state index is 11.7. The van der Waals surface area contributed by atoms with Crippen LogP contribution in [0.25, 0.3) is 0 Å². The van der Waals surface area contributed by atoms with E-state index in [0.717, 1.165) is 19.3 Å². The maximum absolute atomic E-state index is 11.7. The zero-order valence-corrected chi connectivity index (χ0v) is 13.2. The number of imide groups is 1. The van der Waals surface area contributed by atoms with Gasteiger partial charge < -0.3 is 5.32 Å². The van der Waals surface area contributed by atoms with Crippen molar-refractivity contribution in [3.05, 3.63) is 30.1 Å². The number of nitrogens with one attached hydrogen (secondary N) is 2. The standard InChI is InChI=1S/C16H25N3O2/c1-4-9-17-16(21)18-15(20)12-19-10-7-14(8-11-19)13(5-2)6-3/h7-8,10-11,13H,4-6,9,12H2,1-3H3,(H-,17,18,20,21)/p+1. The van der Waals surface area contributed by atoms with E-state index in [1.807, 2.05) is 31.5 Å². The van der Waals surface area contributed by atoms with Crippen LogP contribution in [0.4, 0.5) is 4.79 Å². The average molecular weight is 292 g/mol. The van der Waals surface area contributed by atoms with Crippen LogP contribution in [-0.2, 0) is 11.3 Å². The van der Waals surface area contributed by atoms with E-state index in [-0.39, 0.29) is 12.5 Å². The Morgan fingerprint density at radius 2 is 1.76 bits per heavy atom. The Kier molecular flexibility index (Phi) is 7.43. The van der Waals surface area contributed by atoms with E-state index in [1.54, 1.807) is 4.57 Å². The van der Waals surface area contributed by atoms with E-state index in [1.165, 1.54) is 5.56 Å². The van der Waals surface area contributed by atoms with Crippen LogP contribution in [0, 0.1) is 0 Å². The van der Waals surface area contributed by atoms with Crippen molar-refractivity contribution in [2.45, 2.75) is 52.5 Å². The van der Waals surface area contributed by atoms with Gasteiger partial charge in [-0.1, -0.05) is 20.8 Å². The summed E-state index contributed by atoms with van der Waals surface area (Å²) in [5.74, 6) is 0.247. The minimum Gasteiger partial charge on any atom is -0.338 e. The lowest BCUT2D eigenvalue weighted by Gasteiger charge is -2.11. The Balaban J connectivity index is 2.51. The highest BCUT2D eigenvalue weighted by Gasteiger charge is 2.13. The molecule has 1 rings (SSSR count). The van der Waals surface area contributed by atoms with Gasteiger partial charge in [0.2, 0.25) is 6.54 Å². The molecule has 0 saturated heterocycles. The third-order valence-corrected chi connectivity index (χ3v) is 3.49. The molecule has 1 heterocycles. The van der Waals surface area contributed by atoms with Gasteiger partial charge in [-0.15, -0.1) is 0 Å². The summed E-state index contributed by atoms with van der Waals surface area (Å²) in [6.07, 6.45) is 6.83. The Morgan fingerprint density at radius 3 is 2.29 bits per heavy atom. The molecular weight excluding hydrogens is 266 g/mol. The average Bonchev–Trinajstić information content (AvgIpc) is 2.48. The highest BCUT2D eigenvalue weighted by atomic mass is 16.2. The smallest absolute Gasteiger partial charge is 0.321 e. The first-order chi connectivity index (χ1) is 10.1. The molecule has 1 aromatic heterocycles. The molecule has 0 radical (unpaired) electrons. The van der Waals surface area contributed by atoms with E-state index in [2.05, 4.69) is 24.5 Å². The summed E-state index contributed by atoms with van der Waals surface area (Å²) in [7, 11) is 0. The lowest BCUT2D eigenvalue weighted by Crippen LogP contribution is -2.47. The van der Waals surface area contributed by atoms with Crippen LogP contribution in [0.1, 0.15) is 51.5 Å². The van der Waals surface area contributed by atoms with Crippen molar-refractivity contribution in [2.75, 3.05) is 6.54 Å². The van der Waals surface area contributed by atoms with Crippen molar-refractivity contribution in [3.8, 4) is 0 Å². The molecule has 5 nitrogen and oxygen atoms in total. The van der Waals surface area contributed by atoms with Crippen molar-refractivity contribution < 1.29 is 14.2 Å². The fourth-order valence-corrected chi connectivity index (χ4v) is 2.22. The summed E-state index contributed by atoms with van der Waals surface area (Å²) in [6.45, 7) is 7.02. The van der Waals surface area contributed by atoms with Gasteiger partial charge in [0.05, 0.1) is 0 Å². The molecule has 21 heavy (non-hydrogen) atoms. The summed E-state index contributed by atoms with van der Waals surface area (Å²) >= 11 is 0. The number of urea groups is 1. The number of amides is 3. The Bertz CT molecular complexity index is 453. The van der Waals surface area contributed by atoms with Gasteiger partial charge in [0, 0.05) is 18.7 Å². The minimum absolute atomic E-state index is 0.142. The molecule has 0 aliphatic heterocycles. The van der Waals surface area contributed by atoms with Crippen molar-refractivity contribution in [1.29, 1.82) is 0 Å². The molecule has 0 aromatic carbocycles. The second kappa shape index (κ2) is 9.10. The maximum Gasteiger partial charge on any atom is 0.321 e. The van der Waals surface area contributed by atoms with Crippen LogP contribution in [0.15, 0.2) is 24.5 Å². The van der Waals surface area contributed by atoms with Gasteiger partial charge in [-0.2, -0.15) is 4.57 Å². The fourth-order valence-electron chi connectivity index (χ4n) is 2.22. The van der Waals surface area contributed by atoms with Crippen LogP contribution < -0.4 is 15.2 Å². The van der Waals surface area contributed by atoms with Gasteiger partial charge in [-0.25, -0.2) is 4.79 Å². The van der Waals surface area contributed by atoms with Gasteiger partial charge in [0.1, 0.15) is 0 Å². The molecule has 0 aliphatic rings. The number of hydrogen-bond donors (Lipinski definition) is 2. The second-order valence-corrected chi connectivity index (χ2v) is 5.12. The SMILES string of the molecule is CCCNC(=O)NC(=O)C[n+]1ccc(C(CC)CC)cc1. The topological polar surface area (TPSA) is 62.1 Å². The Morgan fingerprint density at radius 1 is 1.14 bits per heavy atom. The molecule has 0 aliphatic carbocycles. The molecule has 2 N–H and O–H groups in total. The van der Waals surface area contributed by atoms with Crippen LogP contribution in [0.2, 0.25) is 0 Å². The van der Waals surface area contributed by atoms with E-state index in [9.17, 15) is 9.59 Å². The van der Waals surface area contributed by atoms with Gasteiger partial charge in [-0.3, -0.25) is 10.1 Å². The molecule has 0 saturated carbocycles. The first kappa shape index (κ1) is 17.1. The predicted molar refractivity (Wildman–Crippen MR) is 81.8 cm³/mol. The highest BCUT2D eigenvalue weighted by Crippen LogP contribution is 2.21. The van der Waals surface area contributed by atoms with Crippen molar-refractivity contribution in [3.63, 3.8) is 0 Å². The Hall–Kier alpha value is -1.91. The summed E-state index contributed by atoms with van der Waals surface area (Å²) in [5.41, 5.74) is 1.29. The zero-order valence-electron chi connectivity index (χ0n) is 13.2. The predicted octanol–water partition coefficient (Wildman–Crippen LogP) is 2.11. The summed E-state index contributed by atoms with van der Waals surface area (Å²) < 4.78 is 1.77. The monoisotopic (exact) mass is 292 g/mol. The number of hydrogen-bond acceptors (Lipinski definition) is 2. The van der Waals surface area contributed by atoms with E-state index in [4.69, 9.17) is 0 Å². The number of carbonyl (C=O) groups is 2. The van der Waals surface area contributed by atoms with Crippen molar-refractivity contribution in [2.24, 2.45) is 0 Å². The van der Waals surface area contributed by atoms with Crippen LogP contribution >= 0.6 is 0 Å². The largest absolute Gasteiger partial charge is 0.338 e. The first-order valence-corrected chi connectivity index (χ1v) is 7.67. The molecule has 0 unspecified atom stereocenters. The Labute approximate surface area is 126 Å². The number of pyridine rings is 1. The van der Waals surface area contributed by atoms with Gasteiger partial charge in [0.25, 0.3) is 5.91 Å².